The lowest BCUT2D eigenvalue weighted by atomic mass is 9.95. The number of unbranched alkanes of at least 4 members (excludes halogenated alkanes) is 16. The number of rotatable bonds is 34. The van der Waals surface area contributed by atoms with Gasteiger partial charge in [-0.25, -0.2) is 0 Å². The van der Waals surface area contributed by atoms with Gasteiger partial charge in [-0.1, -0.05) is 156 Å². The Kier molecular flexibility index (Phi) is 31.2. The highest BCUT2D eigenvalue weighted by Gasteiger charge is 2.27. The van der Waals surface area contributed by atoms with Gasteiger partial charge in [-0.05, 0) is 64.6 Å². The van der Waals surface area contributed by atoms with Crippen molar-refractivity contribution < 1.29 is 13.6 Å². The minimum atomic E-state index is -3.11. The number of hydrogen-bond donors (Lipinski definition) is 0. The van der Waals surface area contributed by atoms with Gasteiger partial charge >= 0.3 is 7.60 Å². The van der Waals surface area contributed by atoms with Crippen LogP contribution in [-0.4, -0.2) is 44.9 Å². The van der Waals surface area contributed by atoms with Crippen molar-refractivity contribution in [1.82, 2.24) is 4.90 Å². The molecule has 0 aliphatic carbocycles. The van der Waals surface area contributed by atoms with Crippen molar-refractivity contribution in [2.75, 3.05) is 40.0 Å². The first-order valence-corrected chi connectivity index (χ1v) is 20.7. The molecule has 2 atom stereocenters. The monoisotopic (exact) mass is 616 g/mol. The summed E-state index contributed by atoms with van der Waals surface area (Å²) in [5, 5.41) is 0. The highest BCUT2D eigenvalue weighted by molar-refractivity contribution is 7.53. The van der Waals surface area contributed by atoms with Crippen molar-refractivity contribution in [3.05, 3.63) is 0 Å². The Hall–Kier alpha value is 0.110. The van der Waals surface area contributed by atoms with Crippen LogP contribution in [0.25, 0.3) is 0 Å². The maximum Gasteiger partial charge on any atom is 0.330 e. The first-order valence-electron chi connectivity index (χ1n) is 18.9. The van der Waals surface area contributed by atoms with Gasteiger partial charge < -0.3 is 13.9 Å². The lowest BCUT2D eigenvalue weighted by Gasteiger charge is -2.25. The Morgan fingerprint density at radius 3 is 1.12 bits per heavy atom. The van der Waals surface area contributed by atoms with Crippen LogP contribution in [0.5, 0.6) is 0 Å². The summed E-state index contributed by atoms with van der Waals surface area (Å²) in [4.78, 5) is 2.18. The van der Waals surface area contributed by atoms with Crippen molar-refractivity contribution in [2.45, 2.75) is 188 Å². The molecule has 0 spiro atoms. The van der Waals surface area contributed by atoms with Crippen LogP contribution in [-0.2, 0) is 13.6 Å². The molecule has 0 aromatic carbocycles. The SMILES string of the molecule is CCCCCCCCC(CCCCCC)COP(=O)(CCCN(C)C)OCC(CCCCCC)CCCCCCCC. The molecule has 42 heavy (non-hydrogen) atoms. The highest BCUT2D eigenvalue weighted by atomic mass is 31.2. The van der Waals surface area contributed by atoms with Crippen LogP contribution in [0.3, 0.4) is 0 Å². The summed E-state index contributed by atoms with van der Waals surface area (Å²) < 4.78 is 27.0. The van der Waals surface area contributed by atoms with Crippen LogP contribution in [0.1, 0.15) is 188 Å². The molecule has 0 saturated carbocycles. The Balaban J connectivity index is 5.16. The zero-order valence-electron chi connectivity index (χ0n) is 29.8. The Bertz CT molecular complexity index is 545. The van der Waals surface area contributed by atoms with Crippen molar-refractivity contribution in [3.8, 4) is 0 Å². The summed E-state index contributed by atoms with van der Waals surface area (Å²) in [5.74, 6) is 1.01. The van der Waals surface area contributed by atoms with Crippen molar-refractivity contribution in [3.63, 3.8) is 0 Å². The van der Waals surface area contributed by atoms with Crippen LogP contribution >= 0.6 is 7.60 Å². The standard InChI is InChI=1S/C37H78NO3P/c1-7-11-15-19-21-25-30-36(28-23-17-13-9-3)34-40-42(39,33-27-32-38(5)6)41-35-37(29-24-18-14-10-4)31-26-22-20-16-12-8-2/h36-37H,7-35H2,1-6H3. The molecule has 5 heteroatoms. The summed E-state index contributed by atoms with van der Waals surface area (Å²) >= 11 is 0. The summed E-state index contributed by atoms with van der Waals surface area (Å²) in [5.41, 5.74) is 0. The minimum Gasteiger partial charge on any atom is -0.309 e. The van der Waals surface area contributed by atoms with Gasteiger partial charge in [0.15, 0.2) is 0 Å². The van der Waals surface area contributed by atoms with E-state index >= 15 is 0 Å². The predicted octanol–water partition coefficient (Wildman–Crippen LogP) is 12.8. The van der Waals surface area contributed by atoms with Gasteiger partial charge in [0, 0.05) is 0 Å². The molecule has 4 nitrogen and oxygen atoms in total. The molecule has 254 valence electrons. The zero-order valence-corrected chi connectivity index (χ0v) is 30.7. The molecule has 0 N–H and O–H groups in total. The van der Waals surface area contributed by atoms with Crippen LogP contribution in [0, 0.1) is 11.8 Å². The van der Waals surface area contributed by atoms with Gasteiger partial charge in [0.05, 0.1) is 19.4 Å². The van der Waals surface area contributed by atoms with E-state index in [4.69, 9.17) is 9.05 Å². The molecule has 0 aliphatic rings. The average Bonchev–Trinajstić information content (AvgIpc) is 2.97. The highest BCUT2D eigenvalue weighted by Crippen LogP contribution is 2.50. The second kappa shape index (κ2) is 31.1. The summed E-state index contributed by atoms with van der Waals surface area (Å²) in [6, 6.07) is 0. The largest absolute Gasteiger partial charge is 0.330 e. The molecule has 0 aliphatic heterocycles. The van der Waals surface area contributed by atoms with Gasteiger partial charge in [-0.3, -0.25) is 4.57 Å². The van der Waals surface area contributed by atoms with Crippen LogP contribution in [0.15, 0.2) is 0 Å². The maximum absolute atomic E-state index is 14.2. The third kappa shape index (κ3) is 27.6. The second-order valence-electron chi connectivity index (χ2n) is 13.6. The van der Waals surface area contributed by atoms with Gasteiger partial charge in [-0.15, -0.1) is 0 Å². The molecular formula is C37H78NO3P. The minimum absolute atomic E-state index is 0.506. The van der Waals surface area contributed by atoms with E-state index < -0.39 is 7.60 Å². The molecule has 0 radical (unpaired) electrons. The molecule has 0 amide bonds. The first kappa shape index (κ1) is 42.1. The molecule has 0 saturated heterocycles. The lowest BCUT2D eigenvalue weighted by molar-refractivity contribution is 0.145. The Labute approximate surface area is 265 Å². The molecule has 0 rings (SSSR count). The fourth-order valence-corrected chi connectivity index (χ4v) is 7.69. The van der Waals surface area contributed by atoms with Crippen LogP contribution in [0.4, 0.5) is 0 Å². The summed E-state index contributed by atoms with van der Waals surface area (Å²) in [7, 11) is 1.07. The Morgan fingerprint density at radius 2 is 0.786 bits per heavy atom. The third-order valence-corrected chi connectivity index (χ3v) is 10.9. The van der Waals surface area contributed by atoms with Gasteiger partial charge in [0.2, 0.25) is 0 Å². The van der Waals surface area contributed by atoms with Crippen LogP contribution in [0.2, 0.25) is 0 Å². The fraction of sp³-hybridized carbons (Fsp3) is 1.00. The molecule has 2 unspecified atom stereocenters. The average molecular weight is 616 g/mol. The van der Waals surface area contributed by atoms with Crippen molar-refractivity contribution in [1.29, 1.82) is 0 Å². The van der Waals surface area contributed by atoms with Crippen molar-refractivity contribution >= 4 is 7.60 Å². The molecule has 0 heterocycles. The van der Waals surface area contributed by atoms with E-state index in [0.29, 0.717) is 31.2 Å². The van der Waals surface area contributed by atoms with E-state index in [0.717, 1.165) is 13.0 Å². The van der Waals surface area contributed by atoms with E-state index in [2.05, 4.69) is 46.7 Å². The second-order valence-corrected chi connectivity index (χ2v) is 15.8. The van der Waals surface area contributed by atoms with Gasteiger partial charge in [-0.2, -0.15) is 0 Å². The zero-order chi connectivity index (χ0) is 31.2. The van der Waals surface area contributed by atoms with Gasteiger partial charge in [0.25, 0.3) is 0 Å². The molecule has 0 aromatic heterocycles. The van der Waals surface area contributed by atoms with E-state index in [1.54, 1.807) is 0 Å². The van der Waals surface area contributed by atoms with E-state index in [1.165, 1.54) is 154 Å². The number of hydrogen-bond acceptors (Lipinski definition) is 4. The van der Waals surface area contributed by atoms with Crippen LogP contribution < -0.4 is 0 Å². The molecule has 0 fully saturated rings. The topological polar surface area (TPSA) is 38.8 Å². The maximum atomic E-state index is 14.2. The summed E-state index contributed by atoms with van der Waals surface area (Å²) in [6.45, 7) is 11.3. The lowest BCUT2D eigenvalue weighted by Crippen LogP contribution is -2.17. The quantitative estimate of drug-likeness (QED) is 0.0533. The third-order valence-electron chi connectivity index (χ3n) is 8.91. The molecular weight excluding hydrogens is 537 g/mol. The Morgan fingerprint density at radius 1 is 0.476 bits per heavy atom. The first-order chi connectivity index (χ1) is 20.4. The van der Waals surface area contributed by atoms with Crippen molar-refractivity contribution in [2.24, 2.45) is 11.8 Å². The summed E-state index contributed by atoms with van der Waals surface area (Å²) in [6.07, 6.45) is 32.4. The van der Waals surface area contributed by atoms with E-state index in [-0.39, 0.29) is 0 Å². The predicted molar refractivity (Wildman–Crippen MR) is 188 cm³/mol. The molecule has 0 aromatic rings. The van der Waals surface area contributed by atoms with E-state index in [9.17, 15) is 4.57 Å². The van der Waals surface area contributed by atoms with E-state index in [1.807, 2.05) is 0 Å². The van der Waals surface area contributed by atoms with Gasteiger partial charge in [0.1, 0.15) is 0 Å². The normalized spacial score (nSPS) is 14.8. The molecule has 0 bridgehead atoms. The fourth-order valence-electron chi connectivity index (χ4n) is 5.95. The smallest absolute Gasteiger partial charge is 0.309 e. The number of nitrogens with zero attached hydrogens (tertiary/aromatic N) is 1.